The first-order valence-electron chi connectivity index (χ1n) is 6.46. The number of aromatic nitrogens is 2. The molecule has 2 rings (SSSR count). The van der Waals surface area contributed by atoms with Crippen LogP contribution in [0.1, 0.15) is 26.0 Å². The first kappa shape index (κ1) is 12.5. The van der Waals surface area contributed by atoms with Gasteiger partial charge in [0.1, 0.15) is 0 Å². The van der Waals surface area contributed by atoms with Crippen molar-refractivity contribution in [3.05, 3.63) is 24.0 Å². The first-order chi connectivity index (χ1) is 8.24. The zero-order chi connectivity index (χ0) is 12.1. The molecule has 1 N–H and O–H groups in total. The molecule has 1 aliphatic rings. The van der Waals surface area contributed by atoms with E-state index in [4.69, 9.17) is 0 Å². The van der Waals surface area contributed by atoms with Gasteiger partial charge in [-0.25, -0.2) is 0 Å². The van der Waals surface area contributed by atoms with Gasteiger partial charge in [0.15, 0.2) is 0 Å². The fourth-order valence-electron chi connectivity index (χ4n) is 2.41. The molecule has 0 amide bonds. The normalized spacial score (nSPS) is 21.9. The molecule has 0 aromatic carbocycles. The summed E-state index contributed by atoms with van der Waals surface area (Å²) >= 11 is 0. The molecule has 2 heterocycles. The first-order valence-corrected chi connectivity index (χ1v) is 6.46. The average molecular weight is 234 g/mol. The Labute approximate surface area is 103 Å². The second kappa shape index (κ2) is 6.07. The van der Waals surface area contributed by atoms with Crippen molar-refractivity contribution < 1.29 is 0 Å². The van der Waals surface area contributed by atoms with Gasteiger partial charge in [-0.05, 0) is 24.5 Å². The molecule has 4 nitrogen and oxygen atoms in total. The maximum atomic E-state index is 4.15. The topological polar surface area (TPSA) is 41.1 Å². The van der Waals surface area contributed by atoms with E-state index < -0.39 is 0 Å². The molecular formula is C13H22N4. The molecule has 1 aliphatic heterocycles. The standard InChI is InChI=1S/C13H22N4/c1-11(2)8-13-10-17(7-6-14-13)9-12-4-3-5-15-16-12/h3-5,11,13-14H,6-10H2,1-2H3. The highest BCUT2D eigenvalue weighted by atomic mass is 15.2. The lowest BCUT2D eigenvalue weighted by molar-refractivity contribution is 0.177. The Morgan fingerprint density at radius 3 is 3.12 bits per heavy atom. The van der Waals surface area contributed by atoms with Crippen LogP contribution in [0.15, 0.2) is 18.3 Å². The molecule has 1 atom stereocenters. The van der Waals surface area contributed by atoms with E-state index in [2.05, 4.69) is 34.3 Å². The van der Waals surface area contributed by atoms with Gasteiger partial charge in [0, 0.05) is 38.4 Å². The van der Waals surface area contributed by atoms with Gasteiger partial charge < -0.3 is 5.32 Å². The van der Waals surface area contributed by atoms with E-state index in [-0.39, 0.29) is 0 Å². The molecule has 0 aliphatic carbocycles. The third-order valence-corrected chi connectivity index (χ3v) is 3.11. The largest absolute Gasteiger partial charge is 0.311 e. The van der Waals surface area contributed by atoms with Gasteiger partial charge in [-0.15, -0.1) is 0 Å². The van der Waals surface area contributed by atoms with Crippen LogP contribution in [0.3, 0.4) is 0 Å². The smallest absolute Gasteiger partial charge is 0.0771 e. The SMILES string of the molecule is CC(C)CC1CN(Cc2cccnn2)CCN1. The van der Waals surface area contributed by atoms with Crippen molar-refractivity contribution in [2.24, 2.45) is 5.92 Å². The molecule has 1 fully saturated rings. The van der Waals surface area contributed by atoms with Crippen LogP contribution in [0.4, 0.5) is 0 Å². The molecule has 1 aromatic heterocycles. The zero-order valence-corrected chi connectivity index (χ0v) is 10.8. The molecule has 0 radical (unpaired) electrons. The Morgan fingerprint density at radius 2 is 2.41 bits per heavy atom. The number of hydrogen-bond acceptors (Lipinski definition) is 4. The maximum absolute atomic E-state index is 4.15. The summed E-state index contributed by atoms with van der Waals surface area (Å²) in [7, 11) is 0. The Hall–Kier alpha value is -1.00. The number of rotatable bonds is 4. The van der Waals surface area contributed by atoms with E-state index in [1.165, 1.54) is 6.42 Å². The Morgan fingerprint density at radius 1 is 1.53 bits per heavy atom. The van der Waals surface area contributed by atoms with Gasteiger partial charge in [-0.1, -0.05) is 13.8 Å². The van der Waals surface area contributed by atoms with Crippen LogP contribution in [-0.4, -0.2) is 40.8 Å². The summed E-state index contributed by atoms with van der Waals surface area (Å²) in [4.78, 5) is 2.47. The van der Waals surface area contributed by atoms with Gasteiger partial charge in [0.25, 0.3) is 0 Å². The summed E-state index contributed by atoms with van der Waals surface area (Å²) in [6.45, 7) is 8.79. The van der Waals surface area contributed by atoms with Gasteiger partial charge in [0.2, 0.25) is 0 Å². The Bertz CT molecular complexity index is 325. The van der Waals surface area contributed by atoms with Gasteiger partial charge in [-0.2, -0.15) is 10.2 Å². The molecule has 17 heavy (non-hydrogen) atoms. The summed E-state index contributed by atoms with van der Waals surface area (Å²) in [5.41, 5.74) is 1.07. The third-order valence-electron chi connectivity index (χ3n) is 3.11. The minimum absolute atomic E-state index is 0.625. The van der Waals surface area contributed by atoms with Crippen LogP contribution in [0, 0.1) is 5.92 Å². The predicted octanol–water partition coefficient (Wildman–Crippen LogP) is 1.30. The second-order valence-electron chi connectivity index (χ2n) is 5.23. The highest BCUT2D eigenvalue weighted by molar-refractivity contribution is 4.99. The van der Waals surface area contributed by atoms with E-state index in [1.54, 1.807) is 6.20 Å². The number of nitrogens with one attached hydrogen (secondary N) is 1. The van der Waals surface area contributed by atoms with Crippen LogP contribution in [0.5, 0.6) is 0 Å². The Kier molecular flexibility index (Phi) is 4.45. The second-order valence-corrected chi connectivity index (χ2v) is 5.23. The molecule has 94 valence electrons. The lowest BCUT2D eigenvalue weighted by Crippen LogP contribution is -2.50. The van der Waals surface area contributed by atoms with Crippen molar-refractivity contribution in [3.8, 4) is 0 Å². The lowest BCUT2D eigenvalue weighted by atomic mass is 10.0. The van der Waals surface area contributed by atoms with Gasteiger partial charge >= 0.3 is 0 Å². The Balaban J connectivity index is 1.85. The van der Waals surface area contributed by atoms with Crippen molar-refractivity contribution in [2.45, 2.75) is 32.9 Å². The molecular weight excluding hydrogens is 212 g/mol. The molecule has 0 spiro atoms. The van der Waals surface area contributed by atoms with Crippen molar-refractivity contribution >= 4 is 0 Å². The van der Waals surface area contributed by atoms with Crippen molar-refractivity contribution in [2.75, 3.05) is 19.6 Å². The van der Waals surface area contributed by atoms with Crippen molar-refractivity contribution in [3.63, 3.8) is 0 Å². The van der Waals surface area contributed by atoms with E-state index in [9.17, 15) is 0 Å². The van der Waals surface area contributed by atoms with E-state index >= 15 is 0 Å². The molecule has 4 heteroatoms. The quantitative estimate of drug-likeness (QED) is 0.852. The van der Waals surface area contributed by atoms with Crippen LogP contribution < -0.4 is 5.32 Å². The molecule has 0 saturated carbocycles. The molecule has 0 bridgehead atoms. The minimum Gasteiger partial charge on any atom is -0.311 e. The fourth-order valence-corrected chi connectivity index (χ4v) is 2.41. The summed E-state index contributed by atoms with van der Waals surface area (Å²) in [5, 5.41) is 11.7. The zero-order valence-electron chi connectivity index (χ0n) is 10.8. The minimum atomic E-state index is 0.625. The summed E-state index contributed by atoms with van der Waals surface area (Å²) in [6, 6.07) is 4.63. The maximum Gasteiger partial charge on any atom is 0.0771 e. The summed E-state index contributed by atoms with van der Waals surface area (Å²) < 4.78 is 0. The van der Waals surface area contributed by atoms with Crippen LogP contribution in [0.2, 0.25) is 0 Å². The number of nitrogens with zero attached hydrogens (tertiary/aromatic N) is 3. The van der Waals surface area contributed by atoms with Crippen molar-refractivity contribution in [1.82, 2.24) is 20.4 Å². The highest BCUT2D eigenvalue weighted by Crippen LogP contribution is 2.11. The molecule has 1 aromatic rings. The highest BCUT2D eigenvalue weighted by Gasteiger charge is 2.20. The van der Waals surface area contributed by atoms with Gasteiger partial charge in [-0.3, -0.25) is 4.90 Å². The summed E-state index contributed by atoms with van der Waals surface area (Å²) in [6.07, 6.45) is 2.97. The molecule has 1 saturated heterocycles. The monoisotopic (exact) mass is 234 g/mol. The average Bonchev–Trinajstić information content (AvgIpc) is 2.30. The van der Waals surface area contributed by atoms with E-state index in [1.807, 2.05) is 12.1 Å². The molecule has 1 unspecified atom stereocenters. The lowest BCUT2D eigenvalue weighted by Gasteiger charge is -2.34. The van der Waals surface area contributed by atoms with E-state index in [0.29, 0.717) is 6.04 Å². The number of hydrogen-bond donors (Lipinski definition) is 1. The fraction of sp³-hybridized carbons (Fsp3) is 0.692. The van der Waals surface area contributed by atoms with E-state index in [0.717, 1.165) is 37.8 Å². The summed E-state index contributed by atoms with van der Waals surface area (Å²) in [5.74, 6) is 0.754. The van der Waals surface area contributed by atoms with Crippen molar-refractivity contribution in [1.29, 1.82) is 0 Å². The van der Waals surface area contributed by atoms with Gasteiger partial charge in [0.05, 0.1) is 5.69 Å². The van der Waals surface area contributed by atoms with Crippen LogP contribution >= 0.6 is 0 Å². The third kappa shape index (κ3) is 4.06. The van der Waals surface area contributed by atoms with Crippen LogP contribution in [0.25, 0.3) is 0 Å². The number of piperazine rings is 1. The van der Waals surface area contributed by atoms with Crippen LogP contribution in [-0.2, 0) is 6.54 Å². The predicted molar refractivity (Wildman–Crippen MR) is 68.6 cm³/mol.